The summed E-state index contributed by atoms with van der Waals surface area (Å²) in [6.07, 6.45) is 1.90. The first kappa shape index (κ1) is 8.00. The lowest BCUT2D eigenvalue weighted by Crippen LogP contribution is -2.54. The molecule has 1 N–H and O–H groups in total. The van der Waals surface area contributed by atoms with Gasteiger partial charge in [-0.05, 0) is 0 Å². The Morgan fingerprint density at radius 3 is 3.08 bits per heavy atom. The van der Waals surface area contributed by atoms with E-state index in [1.807, 2.05) is 0 Å². The van der Waals surface area contributed by atoms with Gasteiger partial charge in [0.1, 0.15) is 16.0 Å². The quantitative estimate of drug-likeness (QED) is 0.553. The van der Waals surface area contributed by atoms with Crippen molar-refractivity contribution in [3.8, 4) is 0 Å². The highest BCUT2D eigenvalue weighted by Gasteiger charge is 2.40. The predicted molar refractivity (Wildman–Crippen MR) is 46.3 cm³/mol. The monoisotopic (exact) mass is 205 g/mol. The van der Waals surface area contributed by atoms with Crippen LogP contribution in [0, 0.1) is 0 Å². The second kappa shape index (κ2) is 2.70. The zero-order valence-corrected chi connectivity index (χ0v) is 7.73. The van der Waals surface area contributed by atoms with E-state index in [-0.39, 0.29) is 17.0 Å². The maximum Gasteiger partial charge on any atom is 0.230 e. The van der Waals surface area contributed by atoms with E-state index in [0.717, 1.165) is 0 Å². The number of nitrogens with zero attached hydrogens (tertiary/aromatic N) is 1. The smallest absolute Gasteiger partial charge is 0.230 e. The van der Waals surface area contributed by atoms with Crippen molar-refractivity contribution in [2.45, 2.75) is 11.8 Å². The molecule has 0 saturated carbocycles. The Morgan fingerprint density at radius 1 is 1.75 bits per heavy atom. The normalized spacial score (nSPS) is 33.5. The van der Waals surface area contributed by atoms with Crippen molar-refractivity contribution in [3.05, 3.63) is 12.0 Å². The molecule has 0 spiro atoms. The van der Waals surface area contributed by atoms with Crippen molar-refractivity contribution in [3.63, 3.8) is 0 Å². The van der Waals surface area contributed by atoms with Gasteiger partial charge in [0.25, 0.3) is 0 Å². The maximum absolute atomic E-state index is 10.9. The molecule has 0 aromatic carbocycles. The van der Waals surface area contributed by atoms with Gasteiger partial charge >= 0.3 is 0 Å². The fraction of sp³-hybridized carbons (Fsp3) is 0.500. The molecule has 0 aromatic heterocycles. The molecule has 0 aliphatic carbocycles. The van der Waals surface area contributed by atoms with Crippen LogP contribution in [0.25, 0.3) is 0 Å². The standard InChI is InChI=1S/C6H7NO3S2/c8-4-2-7-5(9)1-6(7)12(3-4)11-10/h2,6,8H,1,3H2. The van der Waals surface area contributed by atoms with Crippen LogP contribution in [0.4, 0.5) is 0 Å². The summed E-state index contributed by atoms with van der Waals surface area (Å²) in [6, 6.07) is 0. The Bertz CT molecular complexity index is 332. The Kier molecular flexibility index (Phi) is 1.80. The number of fused-ring (bicyclic) bond motifs is 1. The molecule has 2 aliphatic heterocycles. The highest BCUT2D eigenvalue weighted by molar-refractivity contribution is 8.31. The largest absolute Gasteiger partial charge is 0.510 e. The summed E-state index contributed by atoms with van der Waals surface area (Å²) in [5, 5.41) is 9.22. The van der Waals surface area contributed by atoms with Crippen LogP contribution in [0.2, 0.25) is 0 Å². The molecule has 4 nitrogen and oxygen atoms in total. The zero-order chi connectivity index (χ0) is 8.72. The molecular weight excluding hydrogens is 198 g/mol. The summed E-state index contributed by atoms with van der Waals surface area (Å²) < 4.78 is 10.6. The minimum Gasteiger partial charge on any atom is -0.510 e. The van der Waals surface area contributed by atoms with Gasteiger partial charge in [0.15, 0.2) is 0 Å². The average Bonchev–Trinajstić information content (AvgIpc) is 2.06. The van der Waals surface area contributed by atoms with Crippen molar-refractivity contribution in [2.75, 3.05) is 5.75 Å². The average molecular weight is 205 g/mol. The van der Waals surface area contributed by atoms with Crippen LogP contribution in [0.15, 0.2) is 12.0 Å². The van der Waals surface area contributed by atoms with Gasteiger partial charge < -0.3 is 10.0 Å². The first-order valence-corrected chi connectivity index (χ1v) is 6.14. The van der Waals surface area contributed by atoms with Crippen molar-refractivity contribution in [1.82, 2.24) is 4.90 Å². The van der Waals surface area contributed by atoms with E-state index < -0.39 is 9.45 Å². The van der Waals surface area contributed by atoms with Crippen LogP contribution >= 0.6 is 0 Å². The number of aliphatic hydroxyl groups is 1. The van der Waals surface area contributed by atoms with Gasteiger partial charge in [0.05, 0.1) is 17.5 Å². The molecule has 0 bridgehead atoms. The summed E-state index contributed by atoms with van der Waals surface area (Å²) in [7, 11) is 0.0552. The van der Waals surface area contributed by atoms with Crippen LogP contribution in [0.1, 0.15) is 6.42 Å². The molecule has 2 heterocycles. The van der Waals surface area contributed by atoms with E-state index in [4.69, 9.17) is 0 Å². The molecule has 2 unspecified atom stereocenters. The van der Waals surface area contributed by atoms with Gasteiger partial charge in [-0.25, -0.2) is 4.21 Å². The third-order valence-electron chi connectivity index (χ3n) is 1.92. The molecular formula is C6H7NO3S2. The van der Waals surface area contributed by atoms with E-state index in [1.165, 1.54) is 11.1 Å². The molecule has 1 fully saturated rings. The molecule has 2 aliphatic rings. The summed E-state index contributed by atoms with van der Waals surface area (Å²) in [4.78, 5) is 12.4. The number of hydrogen-bond donors (Lipinski definition) is 1. The number of amides is 1. The number of hydrogen-bond acceptors (Lipinski definition) is 3. The number of carbonyl (C=O) groups excluding carboxylic acids is 1. The molecule has 2 atom stereocenters. The number of aliphatic hydroxyl groups excluding tert-OH is 1. The Labute approximate surface area is 74.5 Å². The number of carbonyl (C=O) groups is 1. The third-order valence-corrected chi connectivity index (χ3v) is 5.22. The fourth-order valence-corrected chi connectivity index (χ4v) is 4.00. The van der Waals surface area contributed by atoms with Gasteiger partial charge in [-0.3, -0.25) is 4.79 Å². The SMILES string of the molecule is O=S=S1CC(O)=CN2C(=O)CC21. The van der Waals surface area contributed by atoms with Gasteiger partial charge in [-0.15, -0.1) is 0 Å². The topological polar surface area (TPSA) is 57.6 Å². The lowest BCUT2D eigenvalue weighted by Gasteiger charge is -2.41. The molecule has 1 saturated heterocycles. The molecule has 6 heteroatoms. The van der Waals surface area contributed by atoms with Crippen molar-refractivity contribution in [1.29, 1.82) is 0 Å². The molecule has 2 rings (SSSR count). The van der Waals surface area contributed by atoms with Crippen LogP contribution in [0.5, 0.6) is 0 Å². The van der Waals surface area contributed by atoms with Crippen molar-refractivity contribution >= 4 is 25.6 Å². The van der Waals surface area contributed by atoms with Crippen molar-refractivity contribution < 1.29 is 14.1 Å². The summed E-state index contributed by atoms with van der Waals surface area (Å²) in [6.45, 7) is 0. The minimum absolute atomic E-state index is 0.00204. The molecule has 1 amide bonds. The predicted octanol–water partition coefficient (Wildman–Crippen LogP) is -0.296. The third kappa shape index (κ3) is 1.02. The highest BCUT2D eigenvalue weighted by Crippen LogP contribution is 2.28. The lowest BCUT2D eigenvalue weighted by atomic mass is 10.2. The lowest BCUT2D eigenvalue weighted by molar-refractivity contribution is -0.137. The molecule has 0 aromatic rings. The first-order chi connectivity index (χ1) is 5.72. The van der Waals surface area contributed by atoms with E-state index >= 15 is 0 Å². The maximum atomic E-state index is 10.9. The van der Waals surface area contributed by atoms with Gasteiger partial charge in [-0.2, -0.15) is 0 Å². The molecule has 0 radical (unpaired) electrons. The second-order valence-electron chi connectivity index (χ2n) is 2.67. The Balaban J connectivity index is 2.35. The second-order valence-corrected chi connectivity index (χ2v) is 6.10. The van der Waals surface area contributed by atoms with Gasteiger partial charge in [-0.1, -0.05) is 9.45 Å². The van der Waals surface area contributed by atoms with Crippen LogP contribution < -0.4 is 0 Å². The van der Waals surface area contributed by atoms with Crippen LogP contribution in [-0.2, 0) is 24.5 Å². The number of β-lactam (4-membered cyclic amide) rings is 1. The van der Waals surface area contributed by atoms with E-state index in [0.29, 0.717) is 22.4 Å². The van der Waals surface area contributed by atoms with Crippen LogP contribution in [0.3, 0.4) is 0 Å². The summed E-state index contributed by atoms with van der Waals surface area (Å²) in [5.41, 5.74) is 0. The molecule has 66 valence electrons. The Morgan fingerprint density at radius 2 is 2.50 bits per heavy atom. The minimum atomic E-state index is -0.443. The van der Waals surface area contributed by atoms with E-state index in [2.05, 4.69) is 0 Å². The summed E-state index contributed by atoms with van der Waals surface area (Å²) >= 11 is 0. The fourth-order valence-electron chi connectivity index (χ4n) is 1.29. The van der Waals surface area contributed by atoms with E-state index in [1.54, 1.807) is 0 Å². The molecule has 12 heavy (non-hydrogen) atoms. The van der Waals surface area contributed by atoms with E-state index in [9.17, 15) is 14.1 Å². The van der Waals surface area contributed by atoms with Gasteiger partial charge in [0.2, 0.25) is 5.91 Å². The van der Waals surface area contributed by atoms with Crippen molar-refractivity contribution in [2.24, 2.45) is 0 Å². The summed E-state index contributed by atoms with van der Waals surface area (Å²) in [5.74, 6) is 0.562. The number of rotatable bonds is 0. The Hall–Kier alpha value is -0.620. The van der Waals surface area contributed by atoms with Gasteiger partial charge in [0, 0.05) is 6.20 Å². The zero-order valence-electron chi connectivity index (χ0n) is 6.10. The first-order valence-electron chi connectivity index (χ1n) is 3.43. The highest BCUT2D eigenvalue weighted by atomic mass is 32.8. The van der Waals surface area contributed by atoms with Crippen LogP contribution in [-0.4, -0.2) is 31.2 Å².